The zero-order chi connectivity index (χ0) is 29.0. The quantitative estimate of drug-likeness (QED) is 0.0613. The standard InChI is InChI=1S/C35H64O4/c1-6-8-10-12-14-16-18-20-22-24-26-28-33(36)38-30-32(35(3,4)5)31-39-34(37)29-27-25-23-21-19-17-15-13-11-9-7-2/h22-25,32H,6-21,26-31H2,1-5H3/b24-22-,25-23-. The molecule has 0 saturated carbocycles. The van der Waals surface area contributed by atoms with Crippen molar-refractivity contribution < 1.29 is 19.1 Å². The average molecular weight is 549 g/mol. The second kappa shape index (κ2) is 26.6. The first-order chi connectivity index (χ1) is 18.8. The molecule has 0 aliphatic carbocycles. The van der Waals surface area contributed by atoms with E-state index in [9.17, 15) is 9.59 Å². The monoisotopic (exact) mass is 548 g/mol. The zero-order valence-electron chi connectivity index (χ0n) is 26.6. The number of ether oxygens (including phenoxy) is 2. The number of carbonyl (C=O) groups excluding carboxylic acids is 2. The summed E-state index contributed by atoms with van der Waals surface area (Å²) in [6.07, 6.45) is 31.5. The molecule has 0 aliphatic rings. The van der Waals surface area contributed by atoms with Crippen LogP contribution in [0.1, 0.15) is 163 Å². The van der Waals surface area contributed by atoms with Crippen LogP contribution in [0.4, 0.5) is 0 Å². The third-order valence-electron chi connectivity index (χ3n) is 7.43. The number of hydrogen-bond donors (Lipinski definition) is 0. The summed E-state index contributed by atoms with van der Waals surface area (Å²) in [5.74, 6) is -0.379. The van der Waals surface area contributed by atoms with Crippen LogP contribution in [0.25, 0.3) is 0 Å². The number of hydrogen-bond acceptors (Lipinski definition) is 4. The van der Waals surface area contributed by atoms with E-state index in [0.717, 1.165) is 25.7 Å². The lowest BCUT2D eigenvalue weighted by molar-refractivity contribution is -0.151. The highest BCUT2D eigenvalue weighted by atomic mass is 16.5. The molecule has 0 heterocycles. The summed E-state index contributed by atoms with van der Waals surface area (Å²) < 4.78 is 11.1. The molecule has 0 fully saturated rings. The molecule has 0 unspecified atom stereocenters. The summed E-state index contributed by atoms with van der Waals surface area (Å²) in [4.78, 5) is 24.5. The molecule has 0 radical (unpaired) electrons. The maximum absolute atomic E-state index is 12.2. The van der Waals surface area contributed by atoms with Gasteiger partial charge in [-0.2, -0.15) is 0 Å². The minimum absolute atomic E-state index is 0.0221. The molecule has 0 atom stereocenters. The Balaban J connectivity index is 3.96. The predicted molar refractivity (Wildman–Crippen MR) is 167 cm³/mol. The Hall–Kier alpha value is -1.58. The van der Waals surface area contributed by atoms with Crippen LogP contribution in [0.2, 0.25) is 0 Å². The Morgan fingerprint density at radius 1 is 0.538 bits per heavy atom. The normalized spacial score (nSPS) is 12.2. The van der Waals surface area contributed by atoms with Gasteiger partial charge in [0.15, 0.2) is 0 Å². The van der Waals surface area contributed by atoms with Crippen molar-refractivity contribution in [1.29, 1.82) is 0 Å². The van der Waals surface area contributed by atoms with Crippen LogP contribution in [0.15, 0.2) is 24.3 Å². The Morgan fingerprint density at radius 2 is 0.872 bits per heavy atom. The van der Waals surface area contributed by atoms with E-state index < -0.39 is 0 Å². The lowest BCUT2D eigenvalue weighted by Gasteiger charge is -2.29. The molecule has 0 aromatic heterocycles. The fraction of sp³-hybridized carbons (Fsp3) is 0.829. The van der Waals surface area contributed by atoms with Crippen molar-refractivity contribution in [3.63, 3.8) is 0 Å². The van der Waals surface area contributed by atoms with Gasteiger partial charge in [0.1, 0.15) is 0 Å². The van der Waals surface area contributed by atoms with Crippen LogP contribution < -0.4 is 0 Å². The second-order valence-electron chi connectivity index (χ2n) is 12.3. The molecule has 0 N–H and O–H groups in total. The molecule has 4 nitrogen and oxygen atoms in total. The Labute approximate surface area is 242 Å². The summed E-state index contributed by atoms with van der Waals surface area (Å²) in [7, 11) is 0. The number of allylic oxidation sites excluding steroid dienone is 4. The second-order valence-corrected chi connectivity index (χ2v) is 12.3. The minimum atomic E-state index is -0.178. The van der Waals surface area contributed by atoms with Crippen molar-refractivity contribution in [2.45, 2.75) is 163 Å². The van der Waals surface area contributed by atoms with Gasteiger partial charge in [0.2, 0.25) is 0 Å². The van der Waals surface area contributed by atoms with E-state index in [1.807, 2.05) is 0 Å². The van der Waals surface area contributed by atoms with E-state index in [0.29, 0.717) is 12.8 Å². The van der Waals surface area contributed by atoms with E-state index in [4.69, 9.17) is 9.47 Å². The maximum Gasteiger partial charge on any atom is 0.306 e. The maximum atomic E-state index is 12.2. The number of unbranched alkanes of at least 4 members (excludes halogenated alkanes) is 14. The summed E-state index contributed by atoms with van der Waals surface area (Å²) in [5.41, 5.74) is -0.118. The predicted octanol–water partition coefficient (Wildman–Crippen LogP) is 10.7. The lowest BCUT2D eigenvalue weighted by Crippen LogP contribution is -2.31. The zero-order valence-corrected chi connectivity index (χ0v) is 26.6. The molecule has 0 aliphatic heterocycles. The third-order valence-corrected chi connectivity index (χ3v) is 7.43. The van der Waals surface area contributed by atoms with Crippen molar-refractivity contribution in [2.75, 3.05) is 13.2 Å². The molecule has 228 valence electrons. The van der Waals surface area contributed by atoms with Gasteiger partial charge >= 0.3 is 11.9 Å². The molecule has 0 spiro atoms. The van der Waals surface area contributed by atoms with Crippen LogP contribution in [-0.2, 0) is 19.1 Å². The molecule has 0 bridgehead atoms. The van der Waals surface area contributed by atoms with Gasteiger partial charge in [-0.05, 0) is 43.9 Å². The molecule has 0 saturated heterocycles. The first-order valence-corrected chi connectivity index (χ1v) is 16.4. The molecular weight excluding hydrogens is 484 g/mol. The van der Waals surface area contributed by atoms with Crippen LogP contribution >= 0.6 is 0 Å². The molecule has 4 heteroatoms. The summed E-state index contributed by atoms with van der Waals surface area (Å²) >= 11 is 0. The van der Waals surface area contributed by atoms with E-state index in [-0.39, 0.29) is 36.5 Å². The van der Waals surface area contributed by atoms with Crippen molar-refractivity contribution >= 4 is 11.9 Å². The number of rotatable bonds is 26. The fourth-order valence-corrected chi connectivity index (χ4v) is 4.39. The first kappa shape index (κ1) is 37.4. The first-order valence-electron chi connectivity index (χ1n) is 16.4. The highest BCUT2D eigenvalue weighted by molar-refractivity contribution is 5.70. The summed E-state index contributed by atoms with van der Waals surface area (Å²) in [5, 5.41) is 0. The molecule has 0 aromatic rings. The fourth-order valence-electron chi connectivity index (χ4n) is 4.39. The summed E-state index contributed by atoms with van der Waals surface area (Å²) in [6.45, 7) is 11.4. The average Bonchev–Trinajstić information content (AvgIpc) is 2.89. The largest absolute Gasteiger partial charge is 0.465 e. The van der Waals surface area contributed by atoms with Gasteiger partial charge in [0.05, 0.1) is 13.2 Å². The van der Waals surface area contributed by atoms with Gasteiger partial charge in [0, 0.05) is 18.8 Å². The molecular formula is C35H64O4. The SMILES string of the molecule is CCCCCCCCC/C=C\CCC(=O)OCC(COC(=O)CC/C=C\CCCCCCCCC)C(C)(C)C. The molecule has 0 rings (SSSR count). The third kappa shape index (κ3) is 26.4. The van der Waals surface area contributed by atoms with E-state index >= 15 is 0 Å². The number of carbonyl (C=O) groups is 2. The Bertz CT molecular complexity index is 581. The topological polar surface area (TPSA) is 52.6 Å². The van der Waals surface area contributed by atoms with Crippen LogP contribution in [-0.4, -0.2) is 25.2 Å². The highest BCUT2D eigenvalue weighted by Gasteiger charge is 2.27. The van der Waals surface area contributed by atoms with E-state index in [1.165, 1.54) is 89.9 Å². The van der Waals surface area contributed by atoms with Crippen LogP contribution in [0.3, 0.4) is 0 Å². The van der Waals surface area contributed by atoms with Crippen LogP contribution in [0.5, 0.6) is 0 Å². The van der Waals surface area contributed by atoms with Crippen molar-refractivity contribution in [2.24, 2.45) is 11.3 Å². The van der Waals surface area contributed by atoms with Gasteiger partial charge in [-0.3, -0.25) is 9.59 Å². The minimum Gasteiger partial charge on any atom is -0.465 e. The van der Waals surface area contributed by atoms with Gasteiger partial charge in [-0.25, -0.2) is 0 Å². The van der Waals surface area contributed by atoms with Crippen LogP contribution in [0, 0.1) is 11.3 Å². The van der Waals surface area contributed by atoms with Gasteiger partial charge in [0.25, 0.3) is 0 Å². The van der Waals surface area contributed by atoms with Gasteiger partial charge in [-0.15, -0.1) is 0 Å². The van der Waals surface area contributed by atoms with Crippen molar-refractivity contribution in [3.8, 4) is 0 Å². The van der Waals surface area contributed by atoms with E-state index in [2.05, 4.69) is 58.9 Å². The highest BCUT2D eigenvalue weighted by Crippen LogP contribution is 2.27. The van der Waals surface area contributed by atoms with Gasteiger partial charge < -0.3 is 9.47 Å². The molecule has 0 amide bonds. The van der Waals surface area contributed by atoms with Gasteiger partial charge in [-0.1, -0.05) is 136 Å². The lowest BCUT2D eigenvalue weighted by atomic mass is 9.82. The smallest absolute Gasteiger partial charge is 0.306 e. The molecule has 0 aromatic carbocycles. The van der Waals surface area contributed by atoms with E-state index in [1.54, 1.807) is 0 Å². The summed E-state index contributed by atoms with van der Waals surface area (Å²) in [6, 6.07) is 0. The molecule has 39 heavy (non-hydrogen) atoms. The van der Waals surface area contributed by atoms with Crippen molar-refractivity contribution in [3.05, 3.63) is 24.3 Å². The Morgan fingerprint density at radius 3 is 1.23 bits per heavy atom. The Kier molecular flexibility index (Phi) is 25.6. The van der Waals surface area contributed by atoms with Crippen molar-refractivity contribution in [1.82, 2.24) is 0 Å². The number of esters is 2.